The molecule has 0 spiro atoms. The molecule has 1 aliphatic heterocycles. The summed E-state index contributed by atoms with van der Waals surface area (Å²) >= 11 is 1.53. The molecule has 0 bridgehead atoms. The van der Waals surface area contributed by atoms with E-state index >= 15 is 0 Å². The van der Waals surface area contributed by atoms with Crippen LogP contribution in [0.25, 0.3) is 0 Å². The summed E-state index contributed by atoms with van der Waals surface area (Å²) in [6.45, 7) is 7.55. The lowest BCUT2D eigenvalue weighted by atomic mass is 9.90. The monoisotopic (exact) mass is 445 g/mol. The summed E-state index contributed by atoms with van der Waals surface area (Å²) in [4.78, 5) is 12.2. The van der Waals surface area contributed by atoms with Crippen LogP contribution in [0.5, 0.6) is 0 Å². The highest BCUT2D eigenvalue weighted by Crippen LogP contribution is 2.42. The number of piperidine rings is 1. The number of thioether (sulfide) groups is 1. The molecule has 30 heavy (non-hydrogen) atoms. The van der Waals surface area contributed by atoms with Gasteiger partial charge in [-0.15, -0.1) is 6.58 Å². The summed E-state index contributed by atoms with van der Waals surface area (Å²) in [5.41, 5.74) is 2.93. The molecular formula is C23H27NO4S2. The smallest absolute Gasteiger partial charge is 0.308 e. The first kappa shape index (κ1) is 22.6. The van der Waals surface area contributed by atoms with Crippen molar-refractivity contribution in [3.63, 3.8) is 0 Å². The highest BCUT2D eigenvalue weighted by Gasteiger charge is 2.45. The molecule has 0 unspecified atom stereocenters. The fourth-order valence-corrected chi connectivity index (χ4v) is 6.54. The first-order valence-electron chi connectivity index (χ1n) is 9.84. The molecule has 0 aromatic heterocycles. The van der Waals surface area contributed by atoms with Gasteiger partial charge in [0.25, 0.3) is 0 Å². The van der Waals surface area contributed by atoms with E-state index in [1.165, 1.54) is 16.1 Å². The number of aryl methyl sites for hydroxylation is 2. The van der Waals surface area contributed by atoms with Gasteiger partial charge in [0, 0.05) is 17.5 Å². The van der Waals surface area contributed by atoms with Crippen LogP contribution >= 0.6 is 11.8 Å². The van der Waals surface area contributed by atoms with Crippen molar-refractivity contribution in [2.75, 3.05) is 12.3 Å². The van der Waals surface area contributed by atoms with E-state index in [-0.39, 0.29) is 16.7 Å². The first-order valence-corrected chi connectivity index (χ1v) is 12.3. The molecule has 160 valence electrons. The second-order valence-corrected chi connectivity index (χ2v) is 10.8. The molecule has 1 saturated heterocycles. The molecule has 3 atom stereocenters. The van der Waals surface area contributed by atoms with E-state index in [9.17, 15) is 18.3 Å². The summed E-state index contributed by atoms with van der Waals surface area (Å²) < 4.78 is 28.5. The van der Waals surface area contributed by atoms with Crippen molar-refractivity contribution in [1.29, 1.82) is 0 Å². The zero-order chi connectivity index (χ0) is 21.9. The van der Waals surface area contributed by atoms with Gasteiger partial charge in [0.1, 0.15) is 0 Å². The lowest BCUT2D eigenvalue weighted by molar-refractivity contribution is -0.143. The molecule has 0 saturated carbocycles. The van der Waals surface area contributed by atoms with Crippen molar-refractivity contribution in [3.05, 3.63) is 77.9 Å². The van der Waals surface area contributed by atoms with E-state index in [1.54, 1.807) is 30.3 Å². The van der Waals surface area contributed by atoms with Crippen molar-refractivity contribution in [2.24, 2.45) is 5.92 Å². The third-order valence-electron chi connectivity index (χ3n) is 5.46. The van der Waals surface area contributed by atoms with E-state index in [1.807, 2.05) is 38.1 Å². The number of benzene rings is 2. The molecular weight excluding hydrogens is 418 g/mol. The van der Waals surface area contributed by atoms with Gasteiger partial charge in [-0.25, -0.2) is 8.42 Å². The Labute approximate surface area is 182 Å². The fourth-order valence-electron chi connectivity index (χ4n) is 3.76. The molecule has 3 rings (SSSR count). The number of hydrogen-bond donors (Lipinski definition) is 1. The van der Waals surface area contributed by atoms with Crippen molar-refractivity contribution >= 4 is 27.8 Å². The Bertz CT molecular complexity index is 1000. The number of rotatable bonds is 7. The number of aliphatic carboxylic acids is 1. The first-order chi connectivity index (χ1) is 14.2. The minimum absolute atomic E-state index is 0.0567. The van der Waals surface area contributed by atoms with Crippen LogP contribution in [0, 0.1) is 19.8 Å². The average molecular weight is 446 g/mol. The van der Waals surface area contributed by atoms with E-state index in [2.05, 4.69) is 6.58 Å². The maximum absolute atomic E-state index is 13.5. The Morgan fingerprint density at radius 3 is 2.23 bits per heavy atom. The lowest BCUT2D eigenvalue weighted by Gasteiger charge is -2.41. The van der Waals surface area contributed by atoms with E-state index < -0.39 is 28.0 Å². The van der Waals surface area contributed by atoms with Gasteiger partial charge in [-0.1, -0.05) is 53.6 Å². The van der Waals surface area contributed by atoms with Crippen LogP contribution in [0.4, 0.5) is 0 Å². The molecule has 1 aliphatic rings. The van der Waals surface area contributed by atoms with Crippen LogP contribution < -0.4 is 0 Å². The highest BCUT2D eigenvalue weighted by atomic mass is 32.2. The summed E-state index contributed by atoms with van der Waals surface area (Å²) in [5.74, 6) is -1.13. The Balaban J connectivity index is 2.05. The fraction of sp³-hybridized carbons (Fsp3) is 0.348. The standard InChI is InChI=1S/C23H27NO4S2/c1-4-13-29-22-14-21(18-9-5-16(2)6-10-18)24(15-20(22)23(25)26)30(27,28)19-11-7-17(3)8-12-19/h4-12,20-22H,1,13-15H2,2-3H3,(H,25,26)/t20-,21+,22-/m1/s1. The molecule has 0 radical (unpaired) electrons. The largest absolute Gasteiger partial charge is 0.481 e. The summed E-state index contributed by atoms with van der Waals surface area (Å²) in [6, 6.07) is 14.1. The molecule has 0 amide bonds. The predicted octanol–water partition coefficient (Wildman–Crippen LogP) is 4.43. The van der Waals surface area contributed by atoms with E-state index in [0.717, 1.165) is 16.7 Å². The molecule has 2 aromatic rings. The van der Waals surface area contributed by atoms with Crippen LogP contribution in [-0.2, 0) is 14.8 Å². The minimum Gasteiger partial charge on any atom is -0.481 e. The van der Waals surface area contributed by atoms with Crippen molar-refractivity contribution in [3.8, 4) is 0 Å². The van der Waals surface area contributed by atoms with Gasteiger partial charge >= 0.3 is 5.97 Å². The number of carboxylic acid groups (broad SMARTS) is 1. The maximum atomic E-state index is 13.5. The normalized spacial score (nSPS) is 22.5. The van der Waals surface area contributed by atoms with Gasteiger partial charge in [0.15, 0.2) is 0 Å². The van der Waals surface area contributed by atoms with E-state index in [4.69, 9.17) is 0 Å². The quantitative estimate of drug-likeness (QED) is 0.638. The Morgan fingerprint density at radius 2 is 1.70 bits per heavy atom. The van der Waals surface area contributed by atoms with Crippen LogP contribution in [-0.4, -0.2) is 41.3 Å². The molecule has 0 aliphatic carbocycles. The van der Waals surface area contributed by atoms with E-state index in [0.29, 0.717) is 12.2 Å². The van der Waals surface area contributed by atoms with Gasteiger partial charge in [0.2, 0.25) is 10.0 Å². The molecule has 5 nitrogen and oxygen atoms in total. The third kappa shape index (κ3) is 4.79. The van der Waals surface area contributed by atoms with Gasteiger partial charge in [-0.3, -0.25) is 4.79 Å². The van der Waals surface area contributed by atoms with Gasteiger partial charge in [-0.05, 0) is 38.0 Å². The Morgan fingerprint density at radius 1 is 1.13 bits per heavy atom. The lowest BCUT2D eigenvalue weighted by Crippen LogP contribution is -2.49. The molecule has 7 heteroatoms. The van der Waals surface area contributed by atoms with Crippen LogP contribution in [0.15, 0.2) is 66.1 Å². The topological polar surface area (TPSA) is 74.7 Å². The van der Waals surface area contributed by atoms with Gasteiger partial charge in [0.05, 0.1) is 16.9 Å². The van der Waals surface area contributed by atoms with Gasteiger partial charge in [-0.2, -0.15) is 16.1 Å². The highest BCUT2D eigenvalue weighted by molar-refractivity contribution is 8.00. The second kappa shape index (κ2) is 9.37. The maximum Gasteiger partial charge on any atom is 0.308 e. The van der Waals surface area contributed by atoms with Crippen LogP contribution in [0.3, 0.4) is 0 Å². The van der Waals surface area contributed by atoms with Gasteiger partial charge < -0.3 is 5.11 Å². The summed E-state index contributed by atoms with van der Waals surface area (Å²) in [7, 11) is -3.86. The molecule has 1 fully saturated rings. The Hall–Kier alpha value is -2.09. The number of carbonyl (C=O) groups is 1. The number of hydrogen-bond acceptors (Lipinski definition) is 4. The number of nitrogens with zero attached hydrogens (tertiary/aromatic N) is 1. The molecule has 1 heterocycles. The number of carboxylic acids is 1. The van der Waals surface area contributed by atoms with Crippen molar-refractivity contribution < 1.29 is 18.3 Å². The summed E-state index contributed by atoms with van der Waals surface area (Å²) in [6.07, 6.45) is 2.18. The third-order valence-corrected chi connectivity index (χ3v) is 8.73. The second-order valence-electron chi connectivity index (χ2n) is 7.66. The minimum atomic E-state index is -3.86. The average Bonchev–Trinajstić information content (AvgIpc) is 2.72. The summed E-state index contributed by atoms with van der Waals surface area (Å²) in [5, 5.41) is 9.63. The van der Waals surface area contributed by atoms with Crippen molar-refractivity contribution in [2.45, 2.75) is 36.5 Å². The SMILES string of the molecule is C=CCS[C@@H]1C[C@@H](c2ccc(C)cc2)N(S(=O)(=O)c2ccc(C)cc2)C[C@H]1C(=O)O. The number of sulfonamides is 1. The van der Waals surface area contributed by atoms with Crippen molar-refractivity contribution in [1.82, 2.24) is 4.31 Å². The zero-order valence-electron chi connectivity index (χ0n) is 17.2. The molecule has 2 aromatic carbocycles. The van der Waals surface area contributed by atoms with Crippen LogP contribution in [0.2, 0.25) is 0 Å². The predicted molar refractivity (Wildman–Crippen MR) is 121 cm³/mol. The van der Waals surface area contributed by atoms with Crippen LogP contribution in [0.1, 0.15) is 29.2 Å². The Kier molecular flexibility index (Phi) is 7.06. The molecule has 1 N–H and O–H groups in total. The zero-order valence-corrected chi connectivity index (χ0v) is 18.8.